The van der Waals surface area contributed by atoms with Gasteiger partial charge in [-0.3, -0.25) is 0 Å². The number of nitrogens with zero attached hydrogens (tertiary/aromatic N) is 1. The molecule has 1 fully saturated rings. The van der Waals surface area contributed by atoms with Crippen molar-refractivity contribution in [1.29, 1.82) is 0 Å². The van der Waals surface area contributed by atoms with Crippen LogP contribution in [0.15, 0.2) is 18.2 Å². The molecule has 0 aliphatic carbocycles. The standard InChI is InChI=1S/C14H18N2O3/c1-10-3-2-6-16(8-10)14(17)15-11-4-5-12-13(7-11)19-9-18-12/h4-5,7,10H,2-3,6,8-9H2,1H3,(H,15,17). The minimum atomic E-state index is -0.0367. The van der Waals surface area contributed by atoms with Gasteiger partial charge in [0.25, 0.3) is 0 Å². The highest BCUT2D eigenvalue weighted by Crippen LogP contribution is 2.34. The minimum absolute atomic E-state index is 0.0367. The highest BCUT2D eigenvalue weighted by Gasteiger charge is 2.21. The van der Waals surface area contributed by atoms with Crippen LogP contribution in [-0.2, 0) is 0 Å². The number of anilines is 1. The molecule has 2 heterocycles. The summed E-state index contributed by atoms with van der Waals surface area (Å²) in [5.41, 5.74) is 0.743. The normalized spacial score (nSPS) is 21.3. The molecule has 2 aliphatic rings. The summed E-state index contributed by atoms with van der Waals surface area (Å²) in [7, 11) is 0. The fourth-order valence-electron chi connectivity index (χ4n) is 2.55. The molecule has 1 unspecified atom stereocenters. The van der Waals surface area contributed by atoms with Gasteiger partial charge in [0.1, 0.15) is 0 Å². The second-order valence-electron chi connectivity index (χ2n) is 5.19. The Bertz CT molecular complexity index is 490. The molecule has 0 aromatic heterocycles. The number of piperidine rings is 1. The van der Waals surface area contributed by atoms with Crippen molar-refractivity contribution in [3.63, 3.8) is 0 Å². The molecule has 19 heavy (non-hydrogen) atoms. The zero-order valence-corrected chi connectivity index (χ0v) is 11.0. The van der Waals surface area contributed by atoms with Crippen molar-refractivity contribution in [2.75, 3.05) is 25.2 Å². The number of amides is 2. The van der Waals surface area contributed by atoms with E-state index in [1.54, 1.807) is 6.07 Å². The Balaban J connectivity index is 1.66. The van der Waals surface area contributed by atoms with Gasteiger partial charge in [-0.1, -0.05) is 6.92 Å². The van der Waals surface area contributed by atoms with Gasteiger partial charge in [0.2, 0.25) is 6.79 Å². The predicted molar refractivity (Wildman–Crippen MR) is 71.6 cm³/mol. The van der Waals surface area contributed by atoms with Gasteiger partial charge in [0, 0.05) is 24.8 Å². The van der Waals surface area contributed by atoms with Gasteiger partial charge < -0.3 is 19.7 Å². The number of benzene rings is 1. The Hall–Kier alpha value is -1.91. The maximum atomic E-state index is 12.2. The van der Waals surface area contributed by atoms with Gasteiger partial charge in [0.15, 0.2) is 11.5 Å². The highest BCUT2D eigenvalue weighted by atomic mass is 16.7. The molecule has 0 spiro atoms. The fourth-order valence-corrected chi connectivity index (χ4v) is 2.55. The fraction of sp³-hybridized carbons (Fsp3) is 0.500. The van der Waals surface area contributed by atoms with E-state index < -0.39 is 0 Å². The number of likely N-dealkylation sites (tertiary alicyclic amines) is 1. The summed E-state index contributed by atoms with van der Waals surface area (Å²) in [6, 6.07) is 5.41. The van der Waals surface area contributed by atoms with E-state index in [4.69, 9.17) is 9.47 Å². The van der Waals surface area contributed by atoms with E-state index in [-0.39, 0.29) is 12.8 Å². The molecule has 1 N–H and O–H groups in total. The second-order valence-corrected chi connectivity index (χ2v) is 5.19. The number of carbonyl (C=O) groups is 1. The summed E-state index contributed by atoms with van der Waals surface area (Å²) in [6.07, 6.45) is 2.28. The zero-order chi connectivity index (χ0) is 13.2. The maximum absolute atomic E-state index is 12.2. The predicted octanol–water partition coefficient (Wildman–Crippen LogP) is 2.68. The molecule has 3 rings (SSSR count). The lowest BCUT2D eigenvalue weighted by molar-refractivity contribution is 0.174. The lowest BCUT2D eigenvalue weighted by atomic mass is 10.0. The van der Waals surface area contributed by atoms with Crippen LogP contribution in [0.1, 0.15) is 19.8 Å². The van der Waals surface area contributed by atoms with Crippen molar-refractivity contribution in [1.82, 2.24) is 4.90 Å². The number of fused-ring (bicyclic) bond motifs is 1. The lowest BCUT2D eigenvalue weighted by Gasteiger charge is -2.30. The summed E-state index contributed by atoms with van der Waals surface area (Å²) < 4.78 is 10.5. The molecule has 1 aromatic rings. The van der Waals surface area contributed by atoms with Crippen LogP contribution in [0.3, 0.4) is 0 Å². The van der Waals surface area contributed by atoms with E-state index in [1.807, 2.05) is 17.0 Å². The number of rotatable bonds is 1. The van der Waals surface area contributed by atoms with E-state index in [0.717, 1.165) is 30.9 Å². The minimum Gasteiger partial charge on any atom is -0.454 e. The number of ether oxygens (including phenoxy) is 2. The van der Waals surface area contributed by atoms with E-state index in [1.165, 1.54) is 6.42 Å². The van der Waals surface area contributed by atoms with Crippen LogP contribution in [0.5, 0.6) is 11.5 Å². The third-order valence-electron chi connectivity index (χ3n) is 3.57. The van der Waals surface area contributed by atoms with E-state index in [9.17, 15) is 4.79 Å². The molecule has 1 aromatic carbocycles. The Labute approximate surface area is 112 Å². The number of hydrogen-bond donors (Lipinski definition) is 1. The van der Waals surface area contributed by atoms with E-state index in [0.29, 0.717) is 11.7 Å². The van der Waals surface area contributed by atoms with Gasteiger partial charge in [-0.15, -0.1) is 0 Å². The molecule has 5 nitrogen and oxygen atoms in total. The lowest BCUT2D eigenvalue weighted by Crippen LogP contribution is -2.41. The van der Waals surface area contributed by atoms with Crippen molar-refractivity contribution in [2.24, 2.45) is 5.92 Å². The number of carbonyl (C=O) groups excluding carboxylic acids is 1. The van der Waals surface area contributed by atoms with Crippen LogP contribution in [0.4, 0.5) is 10.5 Å². The van der Waals surface area contributed by atoms with E-state index >= 15 is 0 Å². The molecule has 5 heteroatoms. The zero-order valence-electron chi connectivity index (χ0n) is 11.0. The molecule has 1 atom stereocenters. The molecule has 2 aliphatic heterocycles. The largest absolute Gasteiger partial charge is 0.454 e. The van der Waals surface area contributed by atoms with Gasteiger partial charge in [0.05, 0.1) is 0 Å². The van der Waals surface area contributed by atoms with Gasteiger partial charge in [-0.25, -0.2) is 4.79 Å². The van der Waals surface area contributed by atoms with Crippen molar-refractivity contribution < 1.29 is 14.3 Å². The average molecular weight is 262 g/mol. The quantitative estimate of drug-likeness (QED) is 0.846. The summed E-state index contributed by atoms with van der Waals surface area (Å²) in [5, 5.41) is 2.91. The van der Waals surface area contributed by atoms with Crippen molar-refractivity contribution in [2.45, 2.75) is 19.8 Å². The molecule has 102 valence electrons. The smallest absolute Gasteiger partial charge is 0.321 e. The third kappa shape index (κ3) is 2.59. The Kier molecular flexibility index (Phi) is 3.19. The highest BCUT2D eigenvalue weighted by molar-refractivity contribution is 5.89. The molecule has 0 saturated carbocycles. The topological polar surface area (TPSA) is 50.8 Å². The van der Waals surface area contributed by atoms with Crippen LogP contribution in [-0.4, -0.2) is 30.8 Å². The van der Waals surface area contributed by atoms with Crippen LogP contribution < -0.4 is 14.8 Å². The summed E-state index contributed by atoms with van der Waals surface area (Å²) >= 11 is 0. The maximum Gasteiger partial charge on any atom is 0.321 e. The number of hydrogen-bond acceptors (Lipinski definition) is 3. The van der Waals surface area contributed by atoms with Gasteiger partial charge >= 0.3 is 6.03 Å². The molecule has 0 bridgehead atoms. The third-order valence-corrected chi connectivity index (χ3v) is 3.57. The first-order valence-electron chi connectivity index (χ1n) is 6.68. The summed E-state index contributed by atoms with van der Waals surface area (Å²) in [6.45, 7) is 4.09. The summed E-state index contributed by atoms with van der Waals surface area (Å²) in [5.74, 6) is 1.99. The van der Waals surface area contributed by atoms with Gasteiger partial charge in [-0.05, 0) is 30.9 Å². The van der Waals surface area contributed by atoms with Crippen LogP contribution in [0, 0.1) is 5.92 Å². The van der Waals surface area contributed by atoms with Gasteiger partial charge in [-0.2, -0.15) is 0 Å². The van der Waals surface area contributed by atoms with Crippen molar-refractivity contribution in [3.8, 4) is 11.5 Å². The number of urea groups is 1. The van der Waals surface area contributed by atoms with E-state index in [2.05, 4.69) is 12.2 Å². The average Bonchev–Trinajstić information content (AvgIpc) is 2.86. The first kappa shape index (κ1) is 12.1. The van der Waals surface area contributed by atoms with Crippen LogP contribution in [0.2, 0.25) is 0 Å². The monoisotopic (exact) mass is 262 g/mol. The Morgan fingerprint density at radius 3 is 3.05 bits per heavy atom. The van der Waals surface area contributed by atoms with Crippen molar-refractivity contribution >= 4 is 11.7 Å². The second kappa shape index (κ2) is 4.99. The van der Waals surface area contributed by atoms with Crippen LogP contribution in [0.25, 0.3) is 0 Å². The Morgan fingerprint density at radius 2 is 2.21 bits per heavy atom. The van der Waals surface area contributed by atoms with Crippen LogP contribution >= 0.6 is 0 Å². The first-order valence-corrected chi connectivity index (χ1v) is 6.68. The summed E-state index contributed by atoms with van der Waals surface area (Å²) in [4.78, 5) is 14.0. The SMILES string of the molecule is CC1CCCN(C(=O)Nc2ccc3c(c2)OCO3)C1. The first-order chi connectivity index (χ1) is 9.22. The Morgan fingerprint density at radius 1 is 1.37 bits per heavy atom. The molecule has 2 amide bonds. The molecule has 1 saturated heterocycles. The molecular weight excluding hydrogens is 244 g/mol. The molecular formula is C14H18N2O3. The molecule has 0 radical (unpaired) electrons. The van der Waals surface area contributed by atoms with Crippen molar-refractivity contribution in [3.05, 3.63) is 18.2 Å². The number of nitrogens with one attached hydrogen (secondary N) is 1.